The number of hydrogen-bond acceptors (Lipinski definition) is 8. The van der Waals surface area contributed by atoms with Crippen LogP contribution >= 0.6 is 0 Å². The average Bonchev–Trinajstić information content (AvgIpc) is 3.59. The molecule has 5 rings (SSSR count). The summed E-state index contributed by atoms with van der Waals surface area (Å²) in [5.74, 6) is -0.972. The first-order chi connectivity index (χ1) is 17.7. The highest BCUT2D eigenvalue weighted by Crippen LogP contribution is 2.46. The molecule has 2 aromatic rings. The molecule has 1 aromatic carbocycles. The van der Waals surface area contributed by atoms with Crippen molar-refractivity contribution in [1.29, 1.82) is 5.53 Å². The third kappa shape index (κ3) is 5.07. The van der Waals surface area contributed by atoms with E-state index in [-0.39, 0.29) is 35.0 Å². The summed E-state index contributed by atoms with van der Waals surface area (Å²) in [7, 11) is 1.43. The van der Waals surface area contributed by atoms with E-state index in [1.807, 2.05) is 0 Å². The fraction of sp³-hybridized carbons (Fsp3) is 0.560. The molecule has 12 heteroatoms. The highest BCUT2D eigenvalue weighted by molar-refractivity contribution is 5.92. The standard InChI is InChI=1S/C25H33F2N9O/c1-25(2)12-15(9-16-5-4-8-35(16)25)31-22-19(27)13-30-23(33-22)32-20-11-21(36(34-28)24(37)29-3)17(10-18(20)26)14-6-7-14/h10-11,13-16,28H,4-9,12H2,1-3H3,(H,29,37)(H2,30,31,32,33). The van der Waals surface area contributed by atoms with Crippen molar-refractivity contribution >= 4 is 29.2 Å². The van der Waals surface area contributed by atoms with Crippen molar-refractivity contribution in [3.63, 3.8) is 0 Å². The molecule has 0 bridgehead atoms. The Kier molecular flexibility index (Phi) is 6.69. The van der Waals surface area contributed by atoms with Gasteiger partial charge >= 0.3 is 6.03 Å². The zero-order valence-electron chi connectivity index (χ0n) is 21.3. The van der Waals surface area contributed by atoms with E-state index in [0.717, 1.165) is 49.9 Å². The fourth-order valence-corrected chi connectivity index (χ4v) is 5.85. The lowest BCUT2D eigenvalue weighted by molar-refractivity contribution is 0.0500. The quantitative estimate of drug-likeness (QED) is 0.295. The van der Waals surface area contributed by atoms with Gasteiger partial charge in [-0.2, -0.15) is 15.5 Å². The number of rotatable bonds is 7. The van der Waals surface area contributed by atoms with Gasteiger partial charge < -0.3 is 16.0 Å². The summed E-state index contributed by atoms with van der Waals surface area (Å²) in [4.78, 5) is 23.1. The van der Waals surface area contributed by atoms with Crippen LogP contribution < -0.4 is 21.0 Å². The Morgan fingerprint density at radius 2 is 2.03 bits per heavy atom. The molecule has 2 saturated heterocycles. The molecule has 1 aliphatic carbocycles. The Balaban J connectivity index is 1.39. The number of piperidine rings is 1. The summed E-state index contributed by atoms with van der Waals surface area (Å²) in [5.41, 5.74) is 8.38. The molecule has 0 radical (unpaired) electrons. The van der Waals surface area contributed by atoms with Gasteiger partial charge in [-0.25, -0.2) is 18.6 Å². The van der Waals surface area contributed by atoms with Crippen LogP contribution in [0.5, 0.6) is 0 Å². The minimum atomic E-state index is -0.616. The molecule has 3 fully saturated rings. The monoisotopic (exact) mass is 513 g/mol. The number of carbonyl (C=O) groups excluding carboxylic acids is 1. The normalized spacial score (nSPS) is 22.7. The predicted octanol–water partition coefficient (Wildman–Crippen LogP) is 5.28. The molecule has 3 heterocycles. The topological polar surface area (TPSA) is 122 Å². The number of anilines is 4. The molecule has 2 atom stereocenters. The zero-order valence-corrected chi connectivity index (χ0v) is 21.3. The molecule has 0 spiro atoms. The maximum absolute atomic E-state index is 15.1. The second kappa shape index (κ2) is 9.81. The van der Waals surface area contributed by atoms with E-state index in [0.29, 0.717) is 17.3 Å². The number of nitrogens with one attached hydrogen (secondary N) is 4. The van der Waals surface area contributed by atoms with E-state index in [2.05, 4.69) is 49.9 Å². The number of aromatic nitrogens is 2. The first-order valence-corrected chi connectivity index (χ1v) is 12.8. The van der Waals surface area contributed by atoms with E-state index in [1.54, 1.807) is 0 Å². The van der Waals surface area contributed by atoms with Gasteiger partial charge in [0.25, 0.3) is 0 Å². The van der Waals surface area contributed by atoms with E-state index in [9.17, 15) is 9.18 Å². The van der Waals surface area contributed by atoms with Gasteiger partial charge in [0.05, 0.1) is 17.6 Å². The minimum absolute atomic E-state index is 0.00403. The maximum atomic E-state index is 15.1. The number of carbonyl (C=O) groups is 1. The average molecular weight is 514 g/mol. The third-order valence-electron chi connectivity index (χ3n) is 7.66. The molecular weight excluding hydrogens is 480 g/mol. The van der Waals surface area contributed by atoms with Crippen molar-refractivity contribution in [3.05, 3.63) is 35.5 Å². The van der Waals surface area contributed by atoms with Gasteiger partial charge in [-0.05, 0) is 82.5 Å². The zero-order chi connectivity index (χ0) is 26.3. The SMILES string of the molecule is CNC(=O)N(N=N)c1cc(Nc2ncc(F)c(NC3CC4CCCN4C(C)(C)C3)n2)c(F)cc1C1CC1. The summed E-state index contributed by atoms with van der Waals surface area (Å²) in [6, 6.07) is 2.65. The third-order valence-corrected chi connectivity index (χ3v) is 7.66. The molecule has 3 aliphatic rings. The Bertz CT molecular complexity index is 1200. The van der Waals surface area contributed by atoms with Crippen molar-refractivity contribution in [2.75, 3.05) is 29.2 Å². The van der Waals surface area contributed by atoms with E-state index < -0.39 is 17.7 Å². The fourth-order valence-electron chi connectivity index (χ4n) is 5.85. The van der Waals surface area contributed by atoms with Crippen molar-refractivity contribution < 1.29 is 13.6 Å². The van der Waals surface area contributed by atoms with Crippen molar-refractivity contribution in [2.45, 2.75) is 75.9 Å². The first-order valence-electron chi connectivity index (χ1n) is 12.8. The van der Waals surface area contributed by atoms with Gasteiger partial charge in [-0.1, -0.05) is 5.22 Å². The second-order valence-electron chi connectivity index (χ2n) is 10.7. The lowest BCUT2D eigenvalue weighted by Gasteiger charge is -2.47. The van der Waals surface area contributed by atoms with Crippen LogP contribution in [0.4, 0.5) is 36.7 Å². The minimum Gasteiger partial charge on any atom is -0.365 e. The number of halogens is 2. The summed E-state index contributed by atoms with van der Waals surface area (Å²) in [6.07, 6.45) is 6.85. The Morgan fingerprint density at radius 1 is 1.24 bits per heavy atom. The van der Waals surface area contributed by atoms with Crippen LogP contribution in [0, 0.1) is 17.2 Å². The molecule has 2 amide bonds. The van der Waals surface area contributed by atoms with Gasteiger partial charge in [-0.3, -0.25) is 4.90 Å². The Labute approximate surface area is 214 Å². The van der Waals surface area contributed by atoms with E-state index in [4.69, 9.17) is 5.53 Å². The van der Waals surface area contributed by atoms with Crippen molar-refractivity contribution in [2.24, 2.45) is 5.22 Å². The summed E-state index contributed by atoms with van der Waals surface area (Å²) >= 11 is 0. The van der Waals surface area contributed by atoms with E-state index in [1.165, 1.54) is 25.6 Å². The smallest absolute Gasteiger partial charge is 0.343 e. The second-order valence-corrected chi connectivity index (χ2v) is 10.7. The molecule has 1 aromatic heterocycles. The lowest BCUT2D eigenvalue weighted by Crippen LogP contribution is -2.55. The Morgan fingerprint density at radius 3 is 2.73 bits per heavy atom. The van der Waals surface area contributed by atoms with Crippen LogP contribution in [-0.4, -0.2) is 52.1 Å². The number of hydrogen-bond donors (Lipinski definition) is 4. The number of amides is 2. The molecule has 198 valence electrons. The number of urea groups is 1. The van der Waals surface area contributed by atoms with Crippen LogP contribution in [0.3, 0.4) is 0 Å². The number of benzene rings is 1. The van der Waals surface area contributed by atoms with Crippen LogP contribution in [0.15, 0.2) is 23.6 Å². The van der Waals surface area contributed by atoms with Crippen LogP contribution in [0.2, 0.25) is 0 Å². The van der Waals surface area contributed by atoms with Crippen molar-refractivity contribution in [3.8, 4) is 0 Å². The van der Waals surface area contributed by atoms with Crippen molar-refractivity contribution in [1.82, 2.24) is 20.2 Å². The summed E-state index contributed by atoms with van der Waals surface area (Å²) in [6.45, 7) is 5.54. The van der Waals surface area contributed by atoms with Gasteiger partial charge in [0.2, 0.25) is 5.95 Å². The van der Waals surface area contributed by atoms with Crippen LogP contribution in [-0.2, 0) is 0 Å². The number of fused-ring (bicyclic) bond motifs is 1. The van der Waals surface area contributed by atoms with Gasteiger partial charge in [0.1, 0.15) is 5.82 Å². The lowest BCUT2D eigenvalue weighted by atomic mass is 9.84. The van der Waals surface area contributed by atoms with Crippen LogP contribution in [0.1, 0.15) is 63.9 Å². The molecule has 37 heavy (non-hydrogen) atoms. The molecular formula is C25H33F2N9O. The number of nitrogens with zero attached hydrogens (tertiary/aromatic N) is 5. The highest BCUT2D eigenvalue weighted by atomic mass is 19.1. The molecule has 10 nitrogen and oxygen atoms in total. The molecule has 2 unspecified atom stereocenters. The van der Waals surface area contributed by atoms with Gasteiger partial charge in [0.15, 0.2) is 11.6 Å². The molecule has 4 N–H and O–H groups in total. The maximum Gasteiger partial charge on any atom is 0.343 e. The highest BCUT2D eigenvalue weighted by Gasteiger charge is 2.43. The molecule has 2 aliphatic heterocycles. The van der Waals surface area contributed by atoms with E-state index >= 15 is 4.39 Å². The van der Waals surface area contributed by atoms with Crippen LogP contribution in [0.25, 0.3) is 0 Å². The van der Waals surface area contributed by atoms with Gasteiger partial charge in [0, 0.05) is 24.7 Å². The largest absolute Gasteiger partial charge is 0.365 e. The summed E-state index contributed by atoms with van der Waals surface area (Å²) in [5, 5.41) is 12.7. The predicted molar refractivity (Wildman–Crippen MR) is 136 cm³/mol. The van der Waals surface area contributed by atoms with Gasteiger partial charge in [-0.15, -0.1) is 0 Å². The molecule has 1 saturated carbocycles. The summed E-state index contributed by atoms with van der Waals surface area (Å²) < 4.78 is 29.8. The first kappa shape index (κ1) is 25.2. The Hall–Kier alpha value is -3.41.